The highest BCUT2D eigenvalue weighted by Crippen LogP contribution is 2.25. The van der Waals surface area contributed by atoms with Crippen LogP contribution in [0.2, 0.25) is 0 Å². The highest BCUT2D eigenvalue weighted by Gasteiger charge is 1.99. The van der Waals surface area contributed by atoms with Crippen LogP contribution in [0.15, 0.2) is 116 Å². The highest BCUT2D eigenvalue weighted by atomic mass is 79.9. The number of hydrogen-bond donors (Lipinski definition) is 0. The van der Waals surface area contributed by atoms with E-state index in [9.17, 15) is 0 Å². The number of hydrogen-bond acceptors (Lipinski definition) is 2. The Labute approximate surface area is 193 Å². The van der Waals surface area contributed by atoms with E-state index in [1.807, 2.05) is 85.2 Å². The second kappa shape index (κ2) is 9.79. The maximum absolute atomic E-state index is 4.55. The Morgan fingerprint density at radius 2 is 0.767 bits per heavy atom. The molecule has 0 saturated carbocycles. The van der Waals surface area contributed by atoms with Crippen molar-refractivity contribution < 1.29 is 0 Å². The van der Waals surface area contributed by atoms with Crippen LogP contribution in [0.5, 0.6) is 0 Å². The predicted molar refractivity (Wildman–Crippen MR) is 135 cm³/mol. The van der Waals surface area contributed by atoms with Crippen molar-refractivity contribution in [3.8, 4) is 11.1 Å². The largest absolute Gasteiger partial charge is 0.256 e. The maximum atomic E-state index is 4.55. The summed E-state index contributed by atoms with van der Waals surface area (Å²) < 4.78 is 2.13. The Hall–Kier alpha value is -2.82. The molecule has 4 rings (SSSR count). The van der Waals surface area contributed by atoms with E-state index in [-0.39, 0.29) is 0 Å². The number of benzene rings is 4. The topological polar surface area (TPSA) is 24.7 Å². The van der Waals surface area contributed by atoms with Gasteiger partial charge < -0.3 is 0 Å². The minimum atomic E-state index is 0.928. The first kappa shape index (κ1) is 20.5. The lowest BCUT2D eigenvalue weighted by Gasteiger charge is -2.03. The molecule has 0 spiro atoms. The average molecular weight is 518 g/mol. The van der Waals surface area contributed by atoms with Gasteiger partial charge in [0, 0.05) is 21.4 Å². The normalized spacial score (nSPS) is 11.4. The van der Waals surface area contributed by atoms with E-state index in [0.29, 0.717) is 0 Å². The van der Waals surface area contributed by atoms with Crippen molar-refractivity contribution in [3.05, 3.63) is 117 Å². The van der Waals surface area contributed by atoms with Gasteiger partial charge in [0.15, 0.2) is 0 Å². The lowest BCUT2D eigenvalue weighted by atomic mass is 10.1. The summed E-state index contributed by atoms with van der Waals surface area (Å²) in [6, 6.07) is 32.7. The molecule has 0 saturated heterocycles. The fourth-order valence-corrected chi connectivity index (χ4v) is 3.40. The SMILES string of the molecule is Brc1ccc(C=Nc2ccc(-c3ccc(N=Cc4ccc(Br)cc4)cc3)cc2)cc1. The summed E-state index contributed by atoms with van der Waals surface area (Å²) in [7, 11) is 0. The zero-order valence-electron chi connectivity index (χ0n) is 16.0. The summed E-state index contributed by atoms with van der Waals surface area (Å²) in [5.74, 6) is 0. The zero-order chi connectivity index (χ0) is 20.8. The number of rotatable bonds is 5. The van der Waals surface area contributed by atoms with E-state index in [1.54, 1.807) is 0 Å². The summed E-state index contributed by atoms with van der Waals surface area (Å²) in [6.07, 6.45) is 3.75. The second-order valence-corrected chi connectivity index (χ2v) is 8.54. The molecule has 0 amide bonds. The first-order valence-electron chi connectivity index (χ1n) is 9.45. The third-order valence-corrected chi connectivity index (χ3v) is 5.59. The quantitative estimate of drug-likeness (QED) is 0.237. The molecular weight excluding hydrogens is 500 g/mol. The number of halogens is 2. The van der Waals surface area contributed by atoms with Crippen LogP contribution < -0.4 is 0 Å². The predicted octanol–water partition coefficient (Wildman–Crippen LogP) is 8.38. The van der Waals surface area contributed by atoms with Gasteiger partial charge in [0.2, 0.25) is 0 Å². The first-order valence-corrected chi connectivity index (χ1v) is 11.0. The van der Waals surface area contributed by atoms with Crippen LogP contribution in [0.4, 0.5) is 11.4 Å². The lowest BCUT2D eigenvalue weighted by Crippen LogP contribution is -1.81. The molecule has 4 heteroatoms. The second-order valence-electron chi connectivity index (χ2n) is 6.71. The van der Waals surface area contributed by atoms with Crippen LogP contribution in [-0.4, -0.2) is 12.4 Å². The van der Waals surface area contributed by atoms with E-state index in [1.165, 1.54) is 0 Å². The van der Waals surface area contributed by atoms with Gasteiger partial charge in [0.1, 0.15) is 0 Å². The van der Waals surface area contributed by atoms with E-state index < -0.39 is 0 Å². The molecule has 2 nitrogen and oxygen atoms in total. The summed E-state index contributed by atoms with van der Waals surface area (Å²) in [5.41, 5.74) is 6.31. The molecule has 0 radical (unpaired) electrons. The summed E-state index contributed by atoms with van der Waals surface area (Å²) in [6.45, 7) is 0. The Kier molecular flexibility index (Phi) is 6.67. The van der Waals surface area contributed by atoms with Crippen LogP contribution in [0, 0.1) is 0 Å². The Morgan fingerprint density at radius 1 is 0.433 bits per heavy atom. The standard InChI is InChI=1S/C26H18Br2N2/c27-23-9-1-19(2-10-23)17-29-25-13-5-21(6-14-25)22-7-15-26(16-8-22)30-18-20-3-11-24(28)12-4-20/h1-18H. The first-order chi connectivity index (χ1) is 14.7. The molecule has 146 valence electrons. The lowest BCUT2D eigenvalue weighted by molar-refractivity contribution is 1.50. The van der Waals surface area contributed by atoms with Crippen molar-refractivity contribution in [2.24, 2.45) is 9.98 Å². The van der Waals surface area contributed by atoms with Crippen LogP contribution in [0.3, 0.4) is 0 Å². The third-order valence-electron chi connectivity index (χ3n) is 4.53. The fourth-order valence-electron chi connectivity index (χ4n) is 2.88. The fraction of sp³-hybridized carbons (Fsp3) is 0. The van der Waals surface area contributed by atoms with E-state index in [4.69, 9.17) is 0 Å². The van der Waals surface area contributed by atoms with E-state index in [2.05, 4.69) is 66.1 Å². The van der Waals surface area contributed by atoms with Crippen LogP contribution >= 0.6 is 31.9 Å². The molecule has 0 aromatic heterocycles. The summed E-state index contributed by atoms with van der Waals surface area (Å²) in [4.78, 5) is 9.10. The maximum Gasteiger partial charge on any atom is 0.0630 e. The summed E-state index contributed by atoms with van der Waals surface area (Å²) >= 11 is 6.89. The van der Waals surface area contributed by atoms with Gasteiger partial charge in [-0.2, -0.15) is 0 Å². The third kappa shape index (κ3) is 5.62. The van der Waals surface area contributed by atoms with Gasteiger partial charge in [-0.25, -0.2) is 0 Å². The molecule has 0 aliphatic rings. The monoisotopic (exact) mass is 516 g/mol. The minimum absolute atomic E-state index is 0.928. The van der Waals surface area contributed by atoms with Gasteiger partial charge in [-0.3, -0.25) is 9.98 Å². The molecule has 30 heavy (non-hydrogen) atoms. The molecule has 0 bridgehead atoms. The van der Waals surface area contributed by atoms with Crippen molar-refractivity contribution >= 4 is 55.7 Å². The Morgan fingerprint density at radius 3 is 1.10 bits per heavy atom. The van der Waals surface area contributed by atoms with Crippen LogP contribution in [-0.2, 0) is 0 Å². The van der Waals surface area contributed by atoms with Gasteiger partial charge in [0.05, 0.1) is 11.4 Å². The van der Waals surface area contributed by atoms with Crippen LogP contribution in [0.25, 0.3) is 11.1 Å². The van der Waals surface area contributed by atoms with Crippen molar-refractivity contribution in [2.45, 2.75) is 0 Å². The summed E-state index contributed by atoms with van der Waals surface area (Å²) in [5, 5.41) is 0. The number of nitrogens with zero attached hydrogens (tertiary/aromatic N) is 2. The van der Waals surface area contributed by atoms with Gasteiger partial charge in [0.25, 0.3) is 0 Å². The van der Waals surface area contributed by atoms with Crippen molar-refractivity contribution in [3.63, 3.8) is 0 Å². The molecule has 0 unspecified atom stereocenters. The van der Waals surface area contributed by atoms with Gasteiger partial charge in [-0.1, -0.05) is 80.4 Å². The molecular formula is C26H18Br2N2. The molecule has 4 aromatic carbocycles. The number of aliphatic imine (C=N–C) groups is 2. The Bertz CT molecular complexity index is 1060. The molecule has 4 aromatic rings. The molecule has 0 aliphatic heterocycles. The van der Waals surface area contributed by atoms with Gasteiger partial charge in [-0.15, -0.1) is 0 Å². The van der Waals surface area contributed by atoms with Gasteiger partial charge in [-0.05, 0) is 70.8 Å². The minimum Gasteiger partial charge on any atom is -0.256 e. The molecule has 0 N–H and O–H groups in total. The molecule has 0 fully saturated rings. The molecule has 0 aliphatic carbocycles. The zero-order valence-corrected chi connectivity index (χ0v) is 19.2. The average Bonchev–Trinajstić information content (AvgIpc) is 2.79. The van der Waals surface area contributed by atoms with Crippen molar-refractivity contribution in [1.29, 1.82) is 0 Å². The van der Waals surface area contributed by atoms with E-state index >= 15 is 0 Å². The Balaban J connectivity index is 1.42. The van der Waals surface area contributed by atoms with Gasteiger partial charge >= 0.3 is 0 Å². The molecule has 0 atom stereocenters. The molecule has 0 heterocycles. The smallest absolute Gasteiger partial charge is 0.0630 e. The van der Waals surface area contributed by atoms with Crippen molar-refractivity contribution in [2.75, 3.05) is 0 Å². The van der Waals surface area contributed by atoms with Crippen molar-refractivity contribution in [1.82, 2.24) is 0 Å². The highest BCUT2D eigenvalue weighted by molar-refractivity contribution is 9.10. The van der Waals surface area contributed by atoms with E-state index in [0.717, 1.165) is 42.6 Å². The van der Waals surface area contributed by atoms with Crippen LogP contribution in [0.1, 0.15) is 11.1 Å².